The van der Waals surface area contributed by atoms with Crippen LogP contribution in [0.5, 0.6) is 0 Å². The zero-order chi connectivity index (χ0) is 13.5. The summed E-state index contributed by atoms with van der Waals surface area (Å²) in [4.78, 5) is 11.5. The van der Waals surface area contributed by atoms with E-state index in [-0.39, 0.29) is 5.91 Å². The number of nitrogens with one attached hydrogen (secondary N) is 2. The van der Waals surface area contributed by atoms with Gasteiger partial charge in [-0.3, -0.25) is 4.79 Å². The van der Waals surface area contributed by atoms with E-state index in [2.05, 4.69) is 28.8 Å². The maximum atomic E-state index is 11.5. The molecule has 19 heavy (non-hydrogen) atoms. The molecule has 0 atom stereocenters. The highest BCUT2D eigenvalue weighted by Crippen LogP contribution is 2.18. The van der Waals surface area contributed by atoms with Crippen molar-refractivity contribution in [2.24, 2.45) is 0 Å². The fourth-order valence-corrected chi connectivity index (χ4v) is 1.96. The highest BCUT2D eigenvalue weighted by molar-refractivity contribution is 5.76. The molecule has 0 heterocycles. The van der Waals surface area contributed by atoms with E-state index in [4.69, 9.17) is 4.74 Å². The van der Waals surface area contributed by atoms with Crippen molar-refractivity contribution in [2.45, 2.75) is 38.5 Å². The second-order valence-electron chi connectivity index (χ2n) is 5.02. The molecule has 1 aromatic carbocycles. The van der Waals surface area contributed by atoms with Crippen molar-refractivity contribution >= 4 is 5.91 Å². The number of rotatable bonds is 8. The first-order chi connectivity index (χ1) is 9.28. The minimum Gasteiger partial charge on any atom is -0.380 e. The lowest BCUT2D eigenvalue weighted by Crippen LogP contribution is -2.29. The second-order valence-corrected chi connectivity index (χ2v) is 5.02. The van der Waals surface area contributed by atoms with Crippen LogP contribution in [-0.4, -0.2) is 25.6 Å². The van der Waals surface area contributed by atoms with Gasteiger partial charge >= 0.3 is 0 Å². The Balaban J connectivity index is 1.64. The van der Waals surface area contributed by atoms with Crippen LogP contribution in [0.4, 0.5) is 0 Å². The van der Waals surface area contributed by atoms with Crippen LogP contribution in [0.25, 0.3) is 0 Å². The first-order valence-electron chi connectivity index (χ1n) is 6.85. The predicted octanol–water partition coefficient (Wildman–Crippen LogP) is 1.59. The Labute approximate surface area is 114 Å². The van der Waals surface area contributed by atoms with Crippen molar-refractivity contribution < 1.29 is 9.53 Å². The third-order valence-corrected chi connectivity index (χ3v) is 3.10. The minimum atomic E-state index is 0.156. The van der Waals surface area contributed by atoms with Gasteiger partial charge in [-0.05, 0) is 24.0 Å². The van der Waals surface area contributed by atoms with Crippen molar-refractivity contribution in [1.29, 1.82) is 0 Å². The maximum Gasteiger partial charge on any atom is 0.221 e. The number of hydrogen-bond acceptors (Lipinski definition) is 3. The molecule has 4 nitrogen and oxygen atoms in total. The zero-order valence-electron chi connectivity index (χ0n) is 11.4. The molecule has 2 rings (SSSR count). The molecule has 0 radical (unpaired) electrons. The number of hydrogen-bond donors (Lipinski definition) is 2. The summed E-state index contributed by atoms with van der Waals surface area (Å²) in [7, 11) is 1.70. The van der Waals surface area contributed by atoms with Gasteiger partial charge in [0.15, 0.2) is 0 Å². The lowest BCUT2D eigenvalue weighted by atomic mass is 10.1. The second kappa shape index (κ2) is 7.26. The number of carbonyl (C=O) groups excluding carboxylic acids is 1. The largest absolute Gasteiger partial charge is 0.380 e. The standard InChI is InChI=1S/C15H22N2O2/c1-19-11-13-4-2-3-12(9-13)10-16-8-7-15(18)17-14-5-6-14/h2-4,9,14,16H,5-8,10-11H2,1H3,(H,17,18). The van der Waals surface area contributed by atoms with Gasteiger partial charge in [-0.25, -0.2) is 0 Å². The Bertz CT molecular complexity index is 416. The van der Waals surface area contributed by atoms with Gasteiger partial charge < -0.3 is 15.4 Å². The molecule has 1 fully saturated rings. The van der Waals surface area contributed by atoms with Gasteiger partial charge in [0.2, 0.25) is 5.91 Å². The number of amides is 1. The van der Waals surface area contributed by atoms with Crippen LogP contribution in [0.1, 0.15) is 30.4 Å². The highest BCUT2D eigenvalue weighted by Gasteiger charge is 2.22. The van der Waals surface area contributed by atoms with Gasteiger partial charge in [0.1, 0.15) is 0 Å². The lowest BCUT2D eigenvalue weighted by Gasteiger charge is -2.07. The van der Waals surface area contributed by atoms with Crippen LogP contribution in [-0.2, 0) is 22.7 Å². The van der Waals surface area contributed by atoms with Crippen molar-refractivity contribution in [1.82, 2.24) is 10.6 Å². The number of carbonyl (C=O) groups is 1. The Morgan fingerprint density at radius 1 is 1.37 bits per heavy atom. The third-order valence-electron chi connectivity index (χ3n) is 3.10. The fraction of sp³-hybridized carbons (Fsp3) is 0.533. The fourth-order valence-electron chi connectivity index (χ4n) is 1.96. The molecule has 0 saturated heterocycles. The third kappa shape index (κ3) is 5.41. The SMILES string of the molecule is COCc1cccc(CNCCC(=O)NC2CC2)c1. The molecular formula is C15H22N2O2. The highest BCUT2D eigenvalue weighted by atomic mass is 16.5. The quantitative estimate of drug-likeness (QED) is 0.700. The van der Waals surface area contributed by atoms with E-state index in [0.717, 1.165) is 19.4 Å². The summed E-state index contributed by atoms with van der Waals surface area (Å²) in [5.41, 5.74) is 2.39. The molecule has 2 N–H and O–H groups in total. The lowest BCUT2D eigenvalue weighted by molar-refractivity contribution is -0.121. The van der Waals surface area contributed by atoms with E-state index in [9.17, 15) is 4.79 Å². The van der Waals surface area contributed by atoms with Gasteiger partial charge in [-0.1, -0.05) is 24.3 Å². The topological polar surface area (TPSA) is 50.4 Å². The molecule has 1 aliphatic carbocycles. The van der Waals surface area contributed by atoms with E-state index in [1.165, 1.54) is 11.1 Å². The molecule has 1 amide bonds. The summed E-state index contributed by atoms with van der Waals surface area (Å²) in [6.07, 6.45) is 2.84. The molecule has 0 unspecified atom stereocenters. The van der Waals surface area contributed by atoms with E-state index < -0.39 is 0 Å². The Morgan fingerprint density at radius 3 is 2.89 bits per heavy atom. The Kier molecular flexibility index (Phi) is 5.36. The van der Waals surface area contributed by atoms with Crippen LogP contribution in [0.15, 0.2) is 24.3 Å². The monoisotopic (exact) mass is 262 g/mol. The summed E-state index contributed by atoms with van der Waals surface area (Å²) < 4.78 is 5.11. The number of ether oxygens (including phenoxy) is 1. The van der Waals surface area contributed by atoms with Crippen LogP contribution < -0.4 is 10.6 Å². The summed E-state index contributed by atoms with van der Waals surface area (Å²) >= 11 is 0. The van der Waals surface area contributed by atoms with Gasteiger partial charge in [0.05, 0.1) is 6.61 Å². The molecule has 1 saturated carbocycles. The molecule has 4 heteroatoms. The van der Waals surface area contributed by atoms with Crippen LogP contribution in [0.2, 0.25) is 0 Å². The first-order valence-corrected chi connectivity index (χ1v) is 6.85. The number of methoxy groups -OCH3 is 1. The van der Waals surface area contributed by atoms with E-state index in [0.29, 0.717) is 25.6 Å². The zero-order valence-corrected chi connectivity index (χ0v) is 11.4. The maximum absolute atomic E-state index is 11.5. The Hall–Kier alpha value is -1.39. The first kappa shape index (κ1) is 14.0. The molecule has 0 aliphatic heterocycles. The van der Waals surface area contributed by atoms with Crippen molar-refractivity contribution in [3.63, 3.8) is 0 Å². The van der Waals surface area contributed by atoms with Crippen LogP contribution in [0, 0.1) is 0 Å². The predicted molar refractivity (Wildman–Crippen MR) is 74.6 cm³/mol. The average molecular weight is 262 g/mol. The smallest absolute Gasteiger partial charge is 0.221 e. The van der Waals surface area contributed by atoms with Crippen molar-refractivity contribution in [2.75, 3.05) is 13.7 Å². The molecule has 104 valence electrons. The van der Waals surface area contributed by atoms with E-state index in [1.54, 1.807) is 7.11 Å². The minimum absolute atomic E-state index is 0.156. The molecule has 0 aromatic heterocycles. The van der Waals surface area contributed by atoms with E-state index >= 15 is 0 Å². The van der Waals surface area contributed by atoms with E-state index in [1.807, 2.05) is 6.07 Å². The Morgan fingerprint density at radius 2 is 2.16 bits per heavy atom. The van der Waals surface area contributed by atoms with Gasteiger partial charge in [-0.15, -0.1) is 0 Å². The van der Waals surface area contributed by atoms with Crippen molar-refractivity contribution in [3.8, 4) is 0 Å². The normalized spacial score (nSPS) is 14.4. The van der Waals surface area contributed by atoms with Gasteiger partial charge in [0, 0.05) is 32.7 Å². The molecule has 1 aliphatic rings. The summed E-state index contributed by atoms with van der Waals surface area (Å²) in [6.45, 7) is 2.14. The van der Waals surface area contributed by atoms with Gasteiger partial charge in [0.25, 0.3) is 0 Å². The molecule has 1 aromatic rings. The molecule has 0 bridgehead atoms. The number of benzene rings is 1. The average Bonchev–Trinajstić information content (AvgIpc) is 3.19. The summed E-state index contributed by atoms with van der Waals surface area (Å²) in [5.74, 6) is 0.156. The van der Waals surface area contributed by atoms with Crippen molar-refractivity contribution in [3.05, 3.63) is 35.4 Å². The van der Waals surface area contributed by atoms with Crippen LogP contribution >= 0.6 is 0 Å². The molecule has 0 spiro atoms. The summed E-state index contributed by atoms with van der Waals surface area (Å²) in [5, 5.41) is 6.28. The summed E-state index contributed by atoms with van der Waals surface area (Å²) in [6, 6.07) is 8.75. The molecular weight excluding hydrogens is 240 g/mol. The van der Waals surface area contributed by atoms with Crippen LogP contribution in [0.3, 0.4) is 0 Å². The van der Waals surface area contributed by atoms with Gasteiger partial charge in [-0.2, -0.15) is 0 Å².